The summed E-state index contributed by atoms with van der Waals surface area (Å²) in [6.45, 7) is 5.37. The summed E-state index contributed by atoms with van der Waals surface area (Å²) in [6.07, 6.45) is -0.693. The Bertz CT molecular complexity index is 265. The van der Waals surface area contributed by atoms with Crippen molar-refractivity contribution in [1.82, 2.24) is 0 Å². The summed E-state index contributed by atoms with van der Waals surface area (Å²) >= 11 is 3.14. The van der Waals surface area contributed by atoms with E-state index >= 15 is 0 Å². The van der Waals surface area contributed by atoms with E-state index in [0.717, 1.165) is 0 Å². The Morgan fingerprint density at radius 2 is 2.36 bits per heavy atom. The van der Waals surface area contributed by atoms with Crippen molar-refractivity contribution in [3.05, 3.63) is 34.7 Å². The van der Waals surface area contributed by atoms with Crippen LogP contribution >= 0.6 is 15.9 Å². The summed E-state index contributed by atoms with van der Waals surface area (Å²) in [5, 5.41) is 9.40. The highest BCUT2D eigenvalue weighted by Crippen LogP contribution is 2.24. The van der Waals surface area contributed by atoms with E-state index in [1.807, 2.05) is 0 Å². The Balaban J connectivity index is 2.84. The van der Waals surface area contributed by atoms with Gasteiger partial charge in [0.25, 0.3) is 0 Å². The molecule has 0 bridgehead atoms. The smallest absolute Gasteiger partial charge is 0.169 e. The van der Waals surface area contributed by atoms with Gasteiger partial charge in [0.1, 0.15) is 11.9 Å². The quantitative estimate of drug-likeness (QED) is 0.772. The Morgan fingerprint density at radius 1 is 1.73 bits per heavy atom. The van der Waals surface area contributed by atoms with Crippen molar-refractivity contribution in [2.45, 2.75) is 13.0 Å². The molecule has 0 aliphatic carbocycles. The van der Waals surface area contributed by atoms with Gasteiger partial charge < -0.3 is 9.52 Å². The lowest BCUT2D eigenvalue weighted by molar-refractivity contribution is 0.184. The Morgan fingerprint density at radius 3 is 2.73 bits per heavy atom. The van der Waals surface area contributed by atoms with Gasteiger partial charge in [-0.2, -0.15) is 0 Å². The zero-order valence-electron chi connectivity index (χ0n) is 6.17. The minimum Gasteiger partial charge on any atom is -0.451 e. The minimum absolute atomic E-state index is 0.518. The molecule has 1 rings (SSSR count). The molecule has 0 aliphatic rings. The molecule has 1 aromatic heterocycles. The average Bonchev–Trinajstić information content (AvgIpc) is 2.34. The first kappa shape index (κ1) is 8.56. The van der Waals surface area contributed by atoms with Gasteiger partial charge in [0.05, 0.1) is 0 Å². The van der Waals surface area contributed by atoms with Crippen LogP contribution in [0, 0.1) is 0 Å². The zero-order valence-corrected chi connectivity index (χ0v) is 7.76. The monoisotopic (exact) mass is 216 g/mol. The van der Waals surface area contributed by atoms with Crippen molar-refractivity contribution in [3.8, 4) is 0 Å². The molecule has 1 unspecified atom stereocenters. The number of aliphatic hydroxyl groups is 1. The molecule has 0 saturated carbocycles. The first-order valence-corrected chi connectivity index (χ1v) is 3.99. The van der Waals surface area contributed by atoms with E-state index in [1.54, 1.807) is 19.1 Å². The molecule has 1 atom stereocenters. The highest BCUT2D eigenvalue weighted by Gasteiger charge is 2.11. The van der Waals surface area contributed by atoms with Crippen LogP contribution in [-0.4, -0.2) is 5.11 Å². The molecular formula is C8H9BrO2. The molecule has 1 heterocycles. The van der Waals surface area contributed by atoms with E-state index in [0.29, 0.717) is 16.0 Å². The van der Waals surface area contributed by atoms with E-state index in [-0.39, 0.29) is 0 Å². The lowest BCUT2D eigenvalue weighted by atomic mass is 10.1. The van der Waals surface area contributed by atoms with Gasteiger partial charge in [0.2, 0.25) is 0 Å². The van der Waals surface area contributed by atoms with Crippen molar-refractivity contribution in [1.29, 1.82) is 0 Å². The number of furan rings is 1. The molecule has 0 aliphatic heterocycles. The van der Waals surface area contributed by atoms with Gasteiger partial charge in [-0.1, -0.05) is 6.58 Å². The highest BCUT2D eigenvalue weighted by molar-refractivity contribution is 9.10. The lowest BCUT2D eigenvalue weighted by Crippen LogP contribution is -1.94. The third-order valence-corrected chi connectivity index (χ3v) is 1.76. The topological polar surface area (TPSA) is 33.4 Å². The number of halogens is 1. The van der Waals surface area contributed by atoms with Crippen LogP contribution in [-0.2, 0) is 0 Å². The molecule has 0 radical (unpaired) electrons. The second-order valence-corrected chi connectivity index (χ2v) is 3.17. The van der Waals surface area contributed by atoms with Gasteiger partial charge in [0, 0.05) is 0 Å². The van der Waals surface area contributed by atoms with Crippen molar-refractivity contribution in [3.63, 3.8) is 0 Å². The Hall–Kier alpha value is -0.540. The van der Waals surface area contributed by atoms with Crippen LogP contribution in [0.25, 0.3) is 0 Å². The van der Waals surface area contributed by atoms with Gasteiger partial charge in [-0.3, -0.25) is 0 Å². The summed E-state index contributed by atoms with van der Waals surface area (Å²) < 4.78 is 5.73. The number of rotatable bonds is 2. The Kier molecular flexibility index (Phi) is 2.52. The average molecular weight is 217 g/mol. The van der Waals surface area contributed by atoms with Gasteiger partial charge in [-0.15, -0.1) is 0 Å². The van der Waals surface area contributed by atoms with E-state index in [9.17, 15) is 5.11 Å². The van der Waals surface area contributed by atoms with Crippen LogP contribution < -0.4 is 0 Å². The third-order valence-electron chi connectivity index (χ3n) is 1.33. The van der Waals surface area contributed by atoms with Crippen LogP contribution in [0.2, 0.25) is 0 Å². The molecule has 60 valence electrons. The van der Waals surface area contributed by atoms with Crippen LogP contribution in [0.1, 0.15) is 18.8 Å². The maximum Gasteiger partial charge on any atom is 0.169 e. The molecule has 1 N–H and O–H groups in total. The summed E-state index contributed by atoms with van der Waals surface area (Å²) in [6, 6.07) is 3.45. The van der Waals surface area contributed by atoms with E-state index in [2.05, 4.69) is 22.5 Å². The van der Waals surface area contributed by atoms with Crippen molar-refractivity contribution in [2.24, 2.45) is 0 Å². The van der Waals surface area contributed by atoms with Crippen molar-refractivity contribution in [2.75, 3.05) is 0 Å². The van der Waals surface area contributed by atoms with Crippen molar-refractivity contribution < 1.29 is 9.52 Å². The third kappa shape index (κ3) is 1.94. The fourth-order valence-electron chi connectivity index (χ4n) is 0.718. The molecule has 0 spiro atoms. The molecule has 0 aromatic carbocycles. The predicted molar refractivity (Wildman–Crippen MR) is 46.2 cm³/mol. The summed E-state index contributed by atoms with van der Waals surface area (Å²) in [5.74, 6) is 0.518. The molecule has 0 saturated heterocycles. The molecule has 2 nitrogen and oxygen atoms in total. The summed E-state index contributed by atoms with van der Waals surface area (Å²) in [5.41, 5.74) is 0.673. The van der Waals surface area contributed by atoms with Crippen molar-refractivity contribution >= 4 is 15.9 Å². The maximum absolute atomic E-state index is 9.40. The molecule has 0 amide bonds. The molecular weight excluding hydrogens is 208 g/mol. The fourth-order valence-corrected chi connectivity index (χ4v) is 1.04. The molecule has 1 aromatic rings. The number of hydrogen-bond acceptors (Lipinski definition) is 2. The van der Waals surface area contributed by atoms with E-state index in [4.69, 9.17) is 4.42 Å². The molecule has 11 heavy (non-hydrogen) atoms. The van der Waals surface area contributed by atoms with Crippen LogP contribution in [0.4, 0.5) is 0 Å². The first-order chi connectivity index (χ1) is 5.11. The lowest BCUT2D eigenvalue weighted by Gasteiger charge is -2.04. The number of aliphatic hydroxyl groups excluding tert-OH is 1. The standard InChI is InChI=1S/C8H9BrO2/c1-5(2)8(10)6-3-4-7(9)11-6/h3-4,8,10H,1H2,2H3. The number of hydrogen-bond donors (Lipinski definition) is 1. The molecule has 3 heteroatoms. The Labute approximate surface area is 73.7 Å². The SMILES string of the molecule is C=C(C)C(O)c1ccc(Br)o1. The second-order valence-electron chi connectivity index (χ2n) is 2.39. The summed E-state index contributed by atoms with van der Waals surface area (Å²) in [7, 11) is 0. The van der Waals surface area contributed by atoms with Gasteiger partial charge in [0.15, 0.2) is 4.67 Å². The highest BCUT2D eigenvalue weighted by atomic mass is 79.9. The van der Waals surface area contributed by atoms with Gasteiger partial charge in [-0.05, 0) is 40.6 Å². The zero-order chi connectivity index (χ0) is 8.43. The van der Waals surface area contributed by atoms with E-state index < -0.39 is 6.10 Å². The van der Waals surface area contributed by atoms with Crippen LogP contribution in [0.5, 0.6) is 0 Å². The maximum atomic E-state index is 9.40. The normalized spacial score (nSPS) is 13.0. The fraction of sp³-hybridized carbons (Fsp3) is 0.250. The van der Waals surface area contributed by atoms with Gasteiger partial charge >= 0.3 is 0 Å². The van der Waals surface area contributed by atoms with Gasteiger partial charge in [-0.25, -0.2) is 0 Å². The summed E-state index contributed by atoms with van der Waals surface area (Å²) in [4.78, 5) is 0. The van der Waals surface area contributed by atoms with Crippen LogP contribution in [0.15, 0.2) is 33.4 Å². The first-order valence-electron chi connectivity index (χ1n) is 3.20. The second kappa shape index (κ2) is 3.24. The van der Waals surface area contributed by atoms with Crippen LogP contribution in [0.3, 0.4) is 0 Å². The predicted octanol–water partition coefficient (Wildman–Crippen LogP) is 2.65. The molecule has 0 fully saturated rings. The minimum atomic E-state index is -0.693. The largest absolute Gasteiger partial charge is 0.451 e. The van der Waals surface area contributed by atoms with E-state index in [1.165, 1.54) is 0 Å².